The lowest BCUT2D eigenvalue weighted by Gasteiger charge is -2.21. The van der Waals surface area contributed by atoms with Gasteiger partial charge >= 0.3 is 5.97 Å². The van der Waals surface area contributed by atoms with E-state index in [0.29, 0.717) is 28.2 Å². The van der Waals surface area contributed by atoms with Crippen LogP contribution in [-0.4, -0.2) is 20.6 Å². The smallest absolute Gasteiger partial charge is 0.340 e. The summed E-state index contributed by atoms with van der Waals surface area (Å²) >= 11 is 0. The van der Waals surface area contributed by atoms with E-state index in [9.17, 15) is 19.1 Å². The quantitative estimate of drug-likeness (QED) is 0.304. The van der Waals surface area contributed by atoms with Gasteiger partial charge in [0.1, 0.15) is 12.4 Å². The number of rotatable bonds is 1. The number of aromatic nitrogens is 2. The lowest BCUT2D eigenvalue weighted by Crippen LogP contribution is -2.32. The van der Waals surface area contributed by atoms with Crippen LogP contribution in [0.25, 0.3) is 33.4 Å². The number of carbonyl (C=O) groups excluding carboxylic acids is 1. The normalized spacial score (nSPS) is 16.3. The highest BCUT2D eigenvalue weighted by Crippen LogP contribution is 2.42. The lowest BCUT2D eigenvalue weighted by atomic mass is 9.93. The molecule has 0 amide bonds. The van der Waals surface area contributed by atoms with Crippen LogP contribution in [0.1, 0.15) is 28.4 Å². The summed E-state index contributed by atoms with van der Waals surface area (Å²) in [6.07, 6.45) is -1.53. The van der Waals surface area contributed by atoms with Crippen molar-refractivity contribution in [3.8, 4) is 22.5 Å². The van der Waals surface area contributed by atoms with Crippen molar-refractivity contribution < 1.29 is 19.0 Å². The van der Waals surface area contributed by atoms with E-state index in [4.69, 9.17) is 15.5 Å². The summed E-state index contributed by atoms with van der Waals surface area (Å²) in [5.74, 6) is -1.17. The predicted octanol–water partition coefficient (Wildman–Crippen LogP) is 3.21. The van der Waals surface area contributed by atoms with E-state index < -0.39 is 12.1 Å². The average molecular weight is 443 g/mol. The molecule has 164 valence electrons. The molecule has 0 saturated heterocycles. The number of hydrogen-bond acceptors (Lipinski definition) is 6. The number of nitrogen functional groups attached to an aromatic ring is 1. The Morgan fingerprint density at radius 1 is 1.15 bits per heavy atom. The second kappa shape index (κ2) is 6.73. The third kappa shape index (κ3) is 2.74. The Hall–Kier alpha value is -4.04. The minimum Gasteiger partial charge on any atom is -0.458 e. The number of halogens is 1. The second-order valence-corrected chi connectivity index (χ2v) is 8.42. The second-order valence-electron chi connectivity index (χ2n) is 8.42. The zero-order valence-electron chi connectivity index (χ0n) is 17.6. The van der Waals surface area contributed by atoms with E-state index in [-0.39, 0.29) is 35.7 Å². The number of pyridine rings is 2. The third-order valence-corrected chi connectivity index (χ3v) is 6.44. The average Bonchev–Trinajstić information content (AvgIpc) is 3.15. The number of aliphatic hydroxyl groups excluding tert-OH is 1. The molecule has 8 heteroatoms. The molecule has 0 unspecified atom stereocenters. The van der Waals surface area contributed by atoms with Crippen LogP contribution in [0.4, 0.5) is 10.1 Å². The van der Waals surface area contributed by atoms with Crippen LogP contribution in [0.2, 0.25) is 0 Å². The molecule has 2 aliphatic heterocycles. The minimum absolute atomic E-state index is 0.189. The number of aliphatic hydroxyl groups is 1. The first-order valence-corrected chi connectivity index (χ1v) is 10.4. The molecule has 4 aromatic rings. The number of cyclic esters (lactones) is 1. The number of aryl methyl sites for hydroxylation is 1. The Balaban J connectivity index is 1.70. The van der Waals surface area contributed by atoms with E-state index in [0.717, 1.165) is 22.1 Å². The van der Waals surface area contributed by atoms with Crippen molar-refractivity contribution in [1.82, 2.24) is 9.55 Å². The molecule has 2 aromatic heterocycles. The van der Waals surface area contributed by atoms with Crippen molar-refractivity contribution in [2.24, 2.45) is 0 Å². The summed E-state index contributed by atoms with van der Waals surface area (Å²) in [7, 11) is 0. The first-order valence-electron chi connectivity index (χ1n) is 10.4. The minimum atomic E-state index is -1.53. The molecule has 0 aliphatic carbocycles. The van der Waals surface area contributed by atoms with Gasteiger partial charge in [-0.15, -0.1) is 0 Å². The third-order valence-electron chi connectivity index (χ3n) is 6.44. The molecule has 0 bridgehead atoms. The van der Waals surface area contributed by atoms with Crippen LogP contribution < -0.4 is 11.3 Å². The van der Waals surface area contributed by atoms with Gasteiger partial charge in [-0.05, 0) is 47.9 Å². The van der Waals surface area contributed by atoms with Crippen molar-refractivity contribution in [1.29, 1.82) is 0 Å². The number of ether oxygens (including phenoxy) is 1. The zero-order chi connectivity index (χ0) is 23.0. The molecule has 2 aromatic carbocycles. The first-order chi connectivity index (χ1) is 15.8. The lowest BCUT2D eigenvalue weighted by molar-refractivity contribution is -0.157. The molecule has 3 N–H and O–H groups in total. The Kier molecular flexibility index (Phi) is 4.00. The largest absolute Gasteiger partial charge is 0.458 e. The fraction of sp³-hybridized carbons (Fsp3) is 0.160. The molecule has 4 heterocycles. The maximum Gasteiger partial charge on any atom is 0.340 e. The Labute approximate surface area is 186 Å². The van der Waals surface area contributed by atoms with E-state index >= 15 is 0 Å². The Bertz CT molecular complexity index is 1570. The molecule has 0 spiro atoms. The zero-order valence-corrected chi connectivity index (χ0v) is 17.6. The van der Waals surface area contributed by atoms with Gasteiger partial charge < -0.3 is 20.1 Å². The summed E-state index contributed by atoms with van der Waals surface area (Å²) in [5, 5.41) is 11.1. The van der Waals surface area contributed by atoms with Gasteiger partial charge in [-0.1, -0.05) is 12.1 Å². The predicted molar refractivity (Wildman–Crippen MR) is 120 cm³/mol. The van der Waals surface area contributed by atoms with Gasteiger partial charge in [-0.25, -0.2) is 14.2 Å². The highest BCUT2D eigenvalue weighted by atomic mass is 19.1. The highest BCUT2D eigenvalue weighted by Gasteiger charge is 2.35. The molecule has 2 aliphatic rings. The van der Waals surface area contributed by atoms with Crippen molar-refractivity contribution in [3.05, 3.63) is 80.9 Å². The molecule has 33 heavy (non-hydrogen) atoms. The summed E-state index contributed by atoms with van der Waals surface area (Å²) in [6.45, 7) is 1.76. The van der Waals surface area contributed by atoms with Crippen molar-refractivity contribution in [2.45, 2.75) is 26.2 Å². The molecule has 7 nitrogen and oxygen atoms in total. The van der Waals surface area contributed by atoms with Crippen LogP contribution in [0, 0.1) is 12.7 Å². The SMILES string of the molecule is Cc1cc2c(-c3ccc(N)cc3)c3c(nc2cc1F)-c1cc2c(c(=O)n1C3)COC(=O)[C@H]2O. The van der Waals surface area contributed by atoms with Crippen molar-refractivity contribution in [3.63, 3.8) is 0 Å². The van der Waals surface area contributed by atoms with Gasteiger partial charge in [-0.2, -0.15) is 0 Å². The van der Waals surface area contributed by atoms with Gasteiger partial charge in [0.2, 0.25) is 0 Å². The van der Waals surface area contributed by atoms with Gasteiger partial charge in [0, 0.05) is 28.3 Å². The summed E-state index contributed by atoms with van der Waals surface area (Å²) in [6, 6.07) is 12.1. The number of nitrogens with zero attached hydrogens (tertiary/aromatic N) is 2. The van der Waals surface area contributed by atoms with E-state index in [2.05, 4.69) is 0 Å². The molecule has 0 saturated carbocycles. The maximum absolute atomic E-state index is 14.5. The standard InChI is InChI=1S/C25H18FN3O4/c1-11-6-15-19(8-18(11)26)28-22-16(21(15)12-2-4-13(27)5-3-12)9-29-20(22)7-14-17(24(29)31)10-33-25(32)23(14)30/h2-8,23,30H,9-10,27H2,1H3/t23-/m0/s1. The summed E-state index contributed by atoms with van der Waals surface area (Å²) in [5.41, 5.74) is 11.1. The van der Waals surface area contributed by atoms with E-state index in [1.165, 1.54) is 6.07 Å². The molecule has 0 radical (unpaired) electrons. The monoisotopic (exact) mass is 443 g/mol. The van der Waals surface area contributed by atoms with Gasteiger partial charge in [0.15, 0.2) is 6.10 Å². The first kappa shape index (κ1) is 19.6. The topological polar surface area (TPSA) is 107 Å². The number of hydrogen-bond donors (Lipinski definition) is 2. The van der Waals surface area contributed by atoms with Crippen LogP contribution >= 0.6 is 0 Å². The van der Waals surface area contributed by atoms with Crippen molar-refractivity contribution >= 4 is 22.6 Å². The van der Waals surface area contributed by atoms with Crippen molar-refractivity contribution in [2.75, 3.05) is 5.73 Å². The van der Waals surface area contributed by atoms with Crippen LogP contribution in [-0.2, 0) is 22.7 Å². The van der Waals surface area contributed by atoms with Gasteiger partial charge in [0.25, 0.3) is 5.56 Å². The fourth-order valence-electron chi connectivity index (χ4n) is 4.74. The van der Waals surface area contributed by atoms with Crippen LogP contribution in [0.3, 0.4) is 0 Å². The van der Waals surface area contributed by atoms with E-state index in [1.54, 1.807) is 35.8 Å². The fourth-order valence-corrected chi connectivity index (χ4v) is 4.74. The number of carbonyl (C=O) groups is 1. The highest BCUT2D eigenvalue weighted by molar-refractivity contribution is 6.00. The van der Waals surface area contributed by atoms with Crippen LogP contribution in [0.5, 0.6) is 0 Å². The van der Waals surface area contributed by atoms with Gasteiger partial charge in [-0.3, -0.25) is 4.79 Å². The molecule has 1 atom stereocenters. The number of nitrogens with two attached hydrogens (primary N) is 1. The number of anilines is 1. The number of benzene rings is 2. The molecular weight excluding hydrogens is 425 g/mol. The van der Waals surface area contributed by atoms with Gasteiger partial charge in [0.05, 0.1) is 29.0 Å². The van der Waals surface area contributed by atoms with Crippen LogP contribution in [0.15, 0.2) is 47.3 Å². The maximum atomic E-state index is 14.5. The molecule has 6 rings (SSSR count). The summed E-state index contributed by atoms with van der Waals surface area (Å²) < 4.78 is 21.0. The Morgan fingerprint density at radius 2 is 1.91 bits per heavy atom. The Morgan fingerprint density at radius 3 is 2.67 bits per heavy atom. The van der Waals surface area contributed by atoms with E-state index in [1.807, 2.05) is 12.1 Å². The molecular formula is C25H18FN3O4. The number of fused-ring (bicyclic) bond motifs is 5. The molecule has 0 fully saturated rings. The number of esters is 1. The summed E-state index contributed by atoms with van der Waals surface area (Å²) in [4.78, 5) is 29.9.